The lowest BCUT2D eigenvalue weighted by atomic mass is 9.52. The van der Waals surface area contributed by atoms with Gasteiger partial charge in [-0.05, 0) is 25.0 Å². The minimum atomic E-state index is -4.84. The number of esters is 1. The van der Waals surface area contributed by atoms with Crippen LogP contribution in [0.2, 0.25) is 0 Å². The van der Waals surface area contributed by atoms with Crippen molar-refractivity contribution >= 4 is 29.5 Å². The van der Waals surface area contributed by atoms with Crippen molar-refractivity contribution < 1.29 is 36.9 Å². The van der Waals surface area contributed by atoms with Gasteiger partial charge in [0.05, 0.1) is 7.11 Å². The molecule has 30 heavy (non-hydrogen) atoms. The highest BCUT2D eigenvalue weighted by Crippen LogP contribution is 2.42. The Hall–Kier alpha value is -2.78. The van der Waals surface area contributed by atoms with Crippen molar-refractivity contribution in [1.82, 2.24) is 4.98 Å². The number of hydrogen-bond acceptors (Lipinski definition) is 6. The zero-order valence-corrected chi connectivity index (χ0v) is 17.0. The summed E-state index contributed by atoms with van der Waals surface area (Å²) in [4.78, 5) is 16.4. The van der Waals surface area contributed by atoms with E-state index in [1.165, 1.54) is 19.4 Å². The van der Waals surface area contributed by atoms with Crippen LogP contribution in [0.5, 0.6) is 23.0 Å². The standard InChI is InChI=1S/C18H19B3F3NO5/c1-27-16(26)11-8-25-12(9-2-3-9)7-14(11)28-13-5-4-10(29-18(22,23)24)6-15(13)30-17(19,20)21/h4-9H,2-3,19-21H2,1H3. The zero-order valence-electron chi connectivity index (χ0n) is 17.0. The Labute approximate surface area is 174 Å². The first-order valence-electron chi connectivity index (χ1n) is 9.30. The third kappa shape index (κ3) is 5.87. The van der Waals surface area contributed by atoms with Gasteiger partial charge in [-0.1, -0.05) is 0 Å². The average Bonchev–Trinajstić information content (AvgIpc) is 3.46. The third-order valence-corrected chi connectivity index (χ3v) is 4.07. The summed E-state index contributed by atoms with van der Waals surface area (Å²) >= 11 is 0. The highest BCUT2D eigenvalue weighted by Gasteiger charge is 2.32. The maximum absolute atomic E-state index is 12.6. The number of ether oxygens (including phenoxy) is 4. The van der Waals surface area contributed by atoms with E-state index in [4.69, 9.17) is 14.2 Å². The van der Waals surface area contributed by atoms with Crippen molar-refractivity contribution in [3.05, 3.63) is 41.7 Å². The molecule has 0 spiro atoms. The molecule has 0 bridgehead atoms. The van der Waals surface area contributed by atoms with E-state index in [1.54, 1.807) is 29.6 Å². The van der Waals surface area contributed by atoms with Crippen LogP contribution in [-0.4, -0.2) is 53.3 Å². The van der Waals surface area contributed by atoms with Crippen molar-refractivity contribution in [2.24, 2.45) is 0 Å². The van der Waals surface area contributed by atoms with Crippen LogP contribution in [0.4, 0.5) is 13.2 Å². The fourth-order valence-corrected chi connectivity index (χ4v) is 2.70. The van der Waals surface area contributed by atoms with Crippen molar-refractivity contribution in [3.8, 4) is 23.0 Å². The van der Waals surface area contributed by atoms with Crippen molar-refractivity contribution in [1.29, 1.82) is 0 Å². The molecule has 0 aliphatic heterocycles. The van der Waals surface area contributed by atoms with Gasteiger partial charge >= 0.3 is 12.3 Å². The molecule has 0 saturated heterocycles. The first kappa shape index (κ1) is 21.9. The maximum atomic E-state index is 12.6. The first-order valence-corrected chi connectivity index (χ1v) is 9.30. The van der Waals surface area contributed by atoms with Crippen LogP contribution in [0.1, 0.15) is 34.8 Å². The average molecular weight is 419 g/mol. The van der Waals surface area contributed by atoms with Gasteiger partial charge < -0.3 is 18.9 Å². The Balaban J connectivity index is 2.00. The number of hydrogen-bond donors (Lipinski definition) is 0. The second-order valence-electron chi connectivity index (χ2n) is 7.84. The molecular formula is C18H19B3F3NO5. The molecule has 2 aromatic rings. The largest absolute Gasteiger partial charge is 0.573 e. The SMILES string of the molecule is BC(B)(B)Oc1cc(OC(F)(F)F)ccc1Oc1cc(C2CC2)ncc1C(=O)OC. The highest BCUT2D eigenvalue weighted by atomic mass is 19.4. The lowest BCUT2D eigenvalue weighted by molar-refractivity contribution is -0.274. The number of halogens is 3. The van der Waals surface area contributed by atoms with Crippen molar-refractivity contribution in [2.75, 3.05) is 7.11 Å². The van der Waals surface area contributed by atoms with Gasteiger partial charge in [-0.15, -0.1) is 13.2 Å². The maximum Gasteiger partial charge on any atom is 0.573 e. The summed E-state index contributed by atoms with van der Waals surface area (Å²) in [5, 5.41) is -0.725. The Bertz CT molecular complexity index is 946. The van der Waals surface area contributed by atoms with Gasteiger partial charge in [0.1, 0.15) is 40.6 Å². The molecule has 1 aromatic heterocycles. The first-order chi connectivity index (χ1) is 13.9. The van der Waals surface area contributed by atoms with Gasteiger partial charge in [0.2, 0.25) is 0 Å². The second-order valence-corrected chi connectivity index (χ2v) is 7.84. The number of benzene rings is 1. The number of aromatic nitrogens is 1. The summed E-state index contributed by atoms with van der Waals surface area (Å²) in [5.74, 6) is -0.456. The molecule has 0 N–H and O–H groups in total. The molecule has 0 radical (unpaired) electrons. The van der Waals surface area contributed by atoms with Crippen LogP contribution in [0.25, 0.3) is 0 Å². The fraction of sp³-hybridized carbons (Fsp3) is 0.333. The Kier molecular flexibility index (Phi) is 5.96. The molecule has 3 rings (SSSR count). The summed E-state index contributed by atoms with van der Waals surface area (Å²) in [7, 11) is 6.46. The van der Waals surface area contributed by atoms with Gasteiger partial charge in [-0.25, -0.2) is 4.79 Å². The van der Waals surface area contributed by atoms with E-state index in [2.05, 4.69) is 9.72 Å². The lowest BCUT2D eigenvalue weighted by Gasteiger charge is -2.24. The topological polar surface area (TPSA) is 66.9 Å². The van der Waals surface area contributed by atoms with Gasteiger partial charge in [-0.2, -0.15) is 0 Å². The van der Waals surface area contributed by atoms with Gasteiger partial charge in [0, 0.05) is 35.2 Å². The van der Waals surface area contributed by atoms with Crippen LogP contribution >= 0.6 is 0 Å². The van der Waals surface area contributed by atoms with Crippen LogP contribution in [0.3, 0.4) is 0 Å². The zero-order chi connectivity index (χ0) is 22.1. The summed E-state index contributed by atoms with van der Waals surface area (Å²) in [6.07, 6.45) is -1.48. The van der Waals surface area contributed by atoms with E-state index in [1.807, 2.05) is 0 Å². The van der Waals surface area contributed by atoms with Crippen LogP contribution in [0, 0.1) is 0 Å². The number of alkyl halides is 3. The van der Waals surface area contributed by atoms with Crippen molar-refractivity contribution in [3.63, 3.8) is 0 Å². The molecule has 1 aromatic carbocycles. The smallest absolute Gasteiger partial charge is 0.510 e. The molecule has 0 atom stereocenters. The molecule has 1 fully saturated rings. The van der Waals surface area contributed by atoms with E-state index < -0.39 is 23.4 Å². The predicted octanol–water partition coefficient (Wildman–Crippen LogP) is 1.33. The highest BCUT2D eigenvalue weighted by molar-refractivity contribution is 6.58. The van der Waals surface area contributed by atoms with E-state index in [0.717, 1.165) is 30.7 Å². The summed E-state index contributed by atoms with van der Waals surface area (Å²) in [6.45, 7) is 0. The van der Waals surface area contributed by atoms with Crippen LogP contribution in [-0.2, 0) is 4.74 Å². The Morgan fingerprint density at radius 1 is 1.07 bits per heavy atom. The molecule has 1 aliphatic rings. The molecular weight excluding hydrogens is 400 g/mol. The number of methoxy groups -OCH3 is 1. The third-order valence-electron chi connectivity index (χ3n) is 4.07. The summed E-state index contributed by atoms with van der Waals surface area (Å²) in [6, 6.07) is 5.14. The number of rotatable bonds is 7. The molecule has 1 heterocycles. The van der Waals surface area contributed by atoms with Crippen LogP contribution < -0.4 is 14.2 Å². The van der Waals surface area contributed by atoms with E-state index >= 15 is 0 Å². The monoisotopic (exact) mass is 419 g/mol. The predicted molar refractivity (Wildman–Crippen MR) is 110 cm³/mol. The Morgan fingerprint density at radius 2 is 1.77 bits per heavy atom. The molecule has 1 aliphatic carbocycles. The molecule has 6 nitrogen and oxygen atoms in total. The van der Waals surface area contributed by atoms with Gasteiger partial charge in [0.15, 0.2) is 11.5 Å². The van der Waals surface area contributed by atoms with E-state index in [-0.39, 0.29) is 22.8 Å². The number of nitrogens with zero attached hydrogens (tertiary/aromatic N) is 1. The van der Waals surface area contributed by atoms with Crippen molar-refractivity contribution in [2.45, 2.75) is 30.4 Å². The lowest BCUT2D eigenvalue weighted by Crippen LogP contribution is -2.37. The van der Waals surface area contributed by atoms with E-state index in [9.17, 15) is 18.0 Å². The normalized spacial score (nSPS) is 14.1. The number of carbonyl (C=O) groups is 1. The molecule has 1 saturated carbocycles. The molecule has 12 heteroatoms. The Morgan fingerprint density at radius 3 is 2.33 bits per heavy atom. The number of carbonyl (C=O) groups excluding carboxylic acids is 1. The number of pyridine rings is 1. The van der Waals surface area contributed by atoms with Crippen LogP contribution in [0.15, 0.2) is 30.5 Å². The molecule has 0 amide bonds. The summed E-state index contributed by atoms with van der Waals surface area (Å²) < 4.78 is 58.3. The summed E-state index contributed by atoms with van der Waals surface area (Å²) in [5.41, 5.74) is 0.868. The second kappa shape index (κ2) is 8.16. The quantitative estimate of drug-likeness (QED) is 0.499. The minimum Gasteiger partial charge on any atom is -0.510 e. The van der Waals surface area contributed by atoms with Gasteiger partial charge in [-0.3, -0.25) is 4.98 Å². The molecule has 0 unspecified atom stereocenters. The van der Waals surface area contributed by atoms with Gasteiger partial charge in [0.25, 0.3) is 0 Å². The molecule has 156 valence electrons. The fourth-order valence-electron chi connectivity index (χ4n) is 2.70. The minimum absolute atomic E-state index is 0.0323. The van der Waals surface area contributed by atoms with E-state index in [0.29, 0.717) is 5.92 Å².